The molecule has 4 rings (SSSR count). The topological polar surface area (TPSA) is 119 Å². The standard InChI is InChI=1S/C15H23ClN2O3S.C15H23N2O3S.3CH3.Sn/c1-5-12-10-21-7-6-18(12)14-9-11(8-13(16)17-14)15(2,3)22(4,19)20;1-5-13-11-20-9-8-17(13)14-10-12(6-7-16-14)15(2,3)21(4,18)19;;;;/h8-9,12H,5-7,10H2,1-4H3;6,10,13H,5,8-9,11H2,1-4H3;3*1H3;/t12-;13-;;;;/m00..../s1. The summed E-state index contributed by atoms with van der Waals surface area (Å²) < 4.78 is 59.2. The predicted octanol–water partition coefficient (Wildman–Crippen LogP) is 5.15. The van der Waals surface area contributed by atoms with E-state index in [9.17, 15) is 16.8 Å². The Balaban J connectivity index is 0.000000257. The van der Waals surface area contributed by atoms with Gasteiger partial charge in [0, 0.05) is 12.8 Å². The van der Waals surface area contributed by atoms with Gasteiger partial charge in [-0.1, -0.05) is 18.5 Å². The number of anilines is 2. The van der Waals surface area contributed by atoms with E-state index >= 15 is 0 Å². The van der Waals surface area contributed by atoms with E-state index < -0.39 is 47.5 Å². The molecular weight excluding hydrogens is 767 g/mol. The summed E-state index contributed by atoms with van der Waals surface area (Å²) in [6.45, 7) is 15.4. The average Bonchev–Trinajstić information content (AvgIpc) is 2.99. The summed E-state index contributed by atoms with van der Waals surface area (Å²) in [6.07, 6.45) is 4.47. The molecule has 2 aromatic rings. The number of ether oxygens (including phenoxy) is 2. The smallest absolute Gasteiger partial charge is 0.156 e. The molecule has 0 bridgehead atoms. The molecule has 2 aliphatic heterocycles. The van der Waals surface area contributed by atoms with Gasteiger partial charge in [-0.15, -0.1) is 0 Å². The fourth-order valence-corrected chi connectivity index (χ4v) is 9.65. The number of rotatable bonds is 9. The number of pyridine rings is 2. The minimum atomic E-state index is -3.27. The van der Waals surface area contributed by atoms with E-state index in [1.165, 1.54) is 12.5 Å². The molecule has 266 valence electrons. The van der Waals surface area contributed by atoms with Crippen LogP contribution in [0.5, 0.6) is 0 Å². The zero-order chi connectivity index (χ0) is 35.6. The summed E-state index contributed by atoms with van der Waals surface area (Å²) in [4.78, 5) is 20.8. The Morgan fingerprint density at radius 2 is 1.17 bits per heavy atom. The second-order valence-electron chi connectivity index (χ2n) is 14.6. The second-order valence-corrected chi connectivity index (χ2v) is 34.4. The largest absolute Gasteiger partial charge is 0.377 e. The molecule has 14 heteroatoms. The molecule has 0 spiro atoms. The fraction of sp³-hybridized carbons (Fsp3) is 0.697. The fourth-order valence-electron chi connectivity index (χ4n) is 5.39. The molecule has 4 heterocycles. The maximum atomic E-state index is 12.4. The van der Waals surface area contributed by atoms with Crippen molar-refractivity contribution in [2.45, 2.75) is 90.8 Å². The van der Waals surface area contributed by atoms with Gasteiger partial charge in [0.15, 0.2) is 9.84 Å². The number of halogens is 1. The number of hydrogen-bond acceptors (Lipinski definition) is 10. The van der Waals surface area contributed by atoms with Gasteiger partial charge in [-0.2, -0.15) is 0 Å². The van der Waals surface area contributed by atoms with Crippen molar-refractivity contribution >= 4 is 65.0 Å². The molecule has 0 N–H and O–H groups in total. The molecule has 2 saturated heterocycles. The Kier molecular flexibility index (Phi) is 13.2. The summed E-state index contributed by atoms with van der Waals surface area (Å²) >= 11 is 3.67. The number of aromatic nitrogens is 2. The Hall–Kier alpha value is -1.19. The van der Waals surface area contributed by atoms with Gasteiger partial charge in [0.1, 0.15) is 11.0 Å². The minimum Gasteiger partial charge on any atom is -0.377 e. The maximum Gasteiger partial charge on any atom is 0.156 e. The van der Waals surface area contributed by atoms with Crippen molar-refractivity contribution in [2.24, 2.45) is 0 Å². The molecule has 0 radical (unpaired) electrons. The third-order valence-electron chi connectivity index (χ3n) is 9.59. The van der Waals surface area contributed by atoms with Crippen molar-refractivity contribution in [1.29, 1.82) is 0 Å². The van der Waals surface area contributed by atoms with Crippen LogP contribution in [-0.2, 0) is 38.6 Å². The molecular formula is C33H55ClN4O6S2Sn. The van der Waals surface area contributed by atoms with Crippen LogP contribution in [0.1, 0.15) is 65.5 Å². The quantitative estimate of drug-likeness (QED) is 0.248. The van der Waals surface area contributed by atoms with Crippen LogP contribution in [0.25, 0.3) is 0 Å². The first-order valence-corrected chi connectivity index (χ1v) is 30.5. The van der Waals surface area contributed by atoms with Crippen LogP contribution in [0.2, 0.25) is 20.0 Å². The number of nitrogens with zero attached hydrogens (tertiary/aromatic N) is 4. The van der Waals surface area contributed by atoms with Crippen LogP contribution >= 0.6 is 11.6 Å². The Labute approximate surface area is 292 Å². The molecule has 10 nitrogen and oxygen atoms in total. The van der Waals surface area contributed by atoms with Gasteiger partial charge in [-0.05, 0) is 38.0 Å². The van der Waals surface area contributed by atoms with Crippen molar-refractivity contribution in [3.63, 3.8) is 0 Å². The van der Waals surface area contributed by atoms with Crippen LogP contribution in [0.4, 0.5) is 11.6 Å². The van der Waals surface area contributed by atoms with Gasteiger partial charge in [0.2, 0.25) is 0 Å². The molecule has 0 aromatic carbocycles. The Morgan fingerprint density at radius 1 is 0.766 bits per heavy atom. The predicted molar refractivity (Wildman–Crippen MR) is 197 cm³/mol. The van der Waals surface area contributed by atoms with Crippen molar-refractivity contribution < 1.29 is 26.3 Å². The summed E-state index contributed by atoms with van der Waals surface area (Å²) in [7, 11) is -6.50. The van der Waals surface area contributed by atoms with Crippen molar-refractivity contribution in [1.82, 2.24) is 9.97 Å². The van der Waals surface area contributed by atoms with Crippen LogP contribution in [0, 0.1) is 0 Å². The summed E-state index contributed by atoms with van der Waals surface area (Å²) in [6, 6.07) is 8.02. The van der Waals surface area contributed by atoms with Gasteiger partial charge in [-0.25, -0.2) is 13.4 Å². The summed E-state index contributed by atoms with van der Waals surface area (Å²) in [5, 5.41) is 0.311. The van der Waals surface area contributed by atoms with E-state index in [1.807, 2.05) is 18.2 Å². The molecule has 2 aromatic heterocycles. The monoisotopic (exact) mass is 822 g/mol. The van der Waals surface area contributed by atoms with Crippen LogP contribution in [-0.4, -0.2) is 109 Å². The molecule has 0 aliphatic carbocycles. The minimum absolute atomic E-state index is 0.230. The molecule has 0 amide bonds. The van der Waals surface area contributed by atoms with Crippen molar-refractivity contribution in [2.75, 3.05) is 61.8 Å². The molecule has 0 unspecified atom stereocenters. The Morgan fingerprint density at radius 3 is 1.55 bits per heavy atom. The first-order chi connectivity index (χ1) is 21.5. The summed E-state index contributed by atoms with van der Waals surface area (Å²) in [5.41, 5.74) is 1.51. The molecule has 0 saturated carbocycles. The number of sulfone groups is 2. The van der Waals surface area contributed by atoms with E-state index in [4.69, 9.17) is 26.1 Å². The van der Waals surface area contributed by atoms with Crippen LogP contribution in [0.3, 0.4) is 0 Å². The third-order valence-corrected chi connectivity index (χ3v) is 19.1. The molecule has 2 fully saturated rings. The molecule has 2 atom stereocenters. The van der Waals surface area contributed by atoms with Gasteiger partial charge < -0.3 is 9.64 Å². The maximum absolute atomic E-state index is 12.4. The second kappa shape index (κ2) is 15.4. The third kappa shape index (κ3) is 9.53. The van der Waals surface area contributed by atoms with Crippen LogP contribution < -0.4 is 13.5 Å². The number of hydrogen-bond donors (Lipinski definition) is 0. The molecule has 47 heavy (non-hydrogen) atoms. The van der Waals surface area contributed by atoms with E-state index in [2.05, 4.69) is 43.5 Å². The van der Waals surface area contributed by atoms with E-state index in [-0.39, 0.29) is 6.04 Å². The van der Waals surface area contributed by atoms with Crippen LogP contribution in [0.15, 0.2) is 24.3 Å². The number of morpholine rings is 2. The molecule has 2 aliphatic rings. The van der Waals surface area contributed by atoms with Gasteiger partial charge in [0.25, 0.3) is 0 Å². The summed E-state index contributed by atoms with van der Waals surface area (Å²) in [5.74, 6) is 1.63. The van der Waals surface area contributed by atoms with Gasteiger partial charge >= 0.3 is 157 Å². The van der Waals surface area contributed by atoms with E-state index in [0.717, 1.165) is 46.8 Å². The first-order valence-electron chi connectivity index (χ1n) is 16.3. The van der Waals surface area contributed by atoms with Gasteiger partial charge in [0.05, 0.1) is 24.0 Å². The zero-order valence-corrected chi connectivity index (χ0v) is 35.3. The first kappa shape index (κ1) is 40.2. The van der Waals surface area contributed by atoms with E-state index in [1.54, 1.807) is 33.8 Å². The van der Waals surface area contributed by atoms with Gasteiger partial charge in [-0.3, -0.25) is 0 Å². The van der Waals surface area contributed by atoms with Crippen molar-refractivity contribution in [3.8, 4) is 0 Å². The van der Waals surface area contributed by atoms with Crippen molar-refractivity contribution in [3.05, 3.63) is 40.5 Å². The average molecular weight is 822 g/mol. The SMILES string of the molecule is CC[C@H]1COCCN1c1cc(C(C)(C)S(C)(=O)=O)c[c]([Sn]([CH3])([CH3])[CH3])n1.CC[C@H]1COCCN1c1cc(C(C)(C)S(C)(=O)=O)cc(Cl)n1. The van der Waals surface area contributed by atoms with E-state index in [0.29, 0.717) is 43.2 Å². The Bertz CT molecular complexity index is 1610. The zero-order valence-electron chi connectivity index (χ0n) is 30.1. The normalized spacial score (nSPS) is 20.1.